The van der Waals surface area contributed by atoms with Crippen molar-refractivity contribution >= 4 is 0 Å². The summed E-state index contributed by atoms with van der Waals surface area (Å²) in [7, 11) is 2.20. The summed E-state index contributed by atoms with van der Waals surface area (Å²) in [4.78, 5) is 19.0. The molecule has 0 bridgehead atoms. The Morgan fingerprint density at radius 1 is 0.977 bits per heavy atom. The van der Waals surface area contributed by atoms with Gasteiger partial charge in [0.1, 0.15) is 5.82 Å². The zero-order valence-electron chi connectivity index (χ0n) is 27.1. The number of likely N-dealkylation sites (tertiary alicyclic amines) is 1. The van der Waals surface area contributed by atoms with Crippen LogP contribution in [0, 0.1) is 32.6 Å². The summed E-state index contributed by atoms with van der Waals surface area (Å²) < 4.78 is 0. The molecule has 0 amide bonds. The van der Waals surface area contributed by atoms with Crippen LogP contribution >= 0.6 is 0 Å². The van der Waals surface area contributed by atoms with Gasteiger partial charge >= 0.3 is 32.7 Å². The van der Waals surface area contributed by atoms with E-state index in [1.165, 1.54) is 29.7 Å². The summed E-state index contributed by atoms with van der Waals surface area (Å²) >= 11 is 0. The molecule has 0 radical (unpaired) electrons. The number of rotatable bonds is 5. The molecule has 2 N–H and O–H groups in total. The van der Waals surface area contributed by atoms with Crippen molar-refractivity contribution in [2.24, 2.45) is 0 Å². The number of unbranched alkanes of at least 4 members (excludes halogenated alkanes) is 1. The fourth-order valence-corrected chi connectivity index (χ4v) is 5.52. The average molecular weight is 652 g/mol. The minimum atomic E-state index is 0. The minimum Gasteiger partial charge on any atom is -0.368 e. The number of benzene rings is 2. The normalized spacial score (nSPS) is 14.9. The Hall–Kier alpha value is -2.65. The molecule has 2 aromatic heterocycles. The summed E-state index contributed by atoms with van der Waals surface area (Å²) in [6, 6.07) is 15.4. The Balaban J connectivity index is 0.00000103. The van der Waals surface area contributed by atoms with Crippen molar-refractivity contribution in [2.45, 2.75) is 78.7 Å². The molecule has 43 heavy (non-hydrogen) atoms. The van der Waals surface area contributed by atoms with E-state index in [0.29, 0.717) is 6.04 Å². The molecule has 1 atom stereocenters. The van der Waals surface area contributed by atoms with Crippen LogP contribution in [0.5, 0.6) is 0 Å². The van der Waals surface area contributed by atoms with Crippen molar-refractivity contribution in [3.63, 3.8) is 0 Å². The number of aromatic nitrogens is 4. The number of nitrogens with one attached hydrogen (secondary N) is 2. The van der Waals surface area contributed by atoms with Crippen LogP contribution in [0.4, 0.5) is 0 Å². The quantitative estimate of drug-likeness (QED) is 0.168. The number of H-pyrrole nitrogens is 2. The van der Waals surface area contributed by atoms with E-state index in [2.05, 4.69) is 94.5 Å². The van der Waals surface area contributed by atoms with Crippen LogP contribution in [-0.2, 0) is 45.6 Å². The van der Waals surface area contributed by atoms with Gasteiger partial charge in [0.25, 0.3) is 0 Å². The molecule has 2 aliphatic rings. The molecule has 5 nitrogen and oxygen atoms in total. The molecule has 1 unspecified atom stereocenters. The van der Waals surface area contributed by atoms with E-state index in [9.17, 15) is 0 Å². The summed E-state index contributed by atoms with van der Waals surface area (Å²) in [5.74, 6) is 8.76. The second-order valence-electron chi connectivity index (χ2n) is 10.2. The number of hydrogen-bond acceptors (Lipinski definition) is 3. The second kappa shape index (κ2) is 18.2. The maximum absolute atomic E-state index is 5.11. The standard InChI is InChI=1S/C32H33N5.2C2H6.CH3.Y/c1-3-4-10-30-33-21-28(34-30)24-16-13-22(14-17-24)11-12-23-15-18-26-25(20-23)7-5-8-27-31(26)36-32(35-27)29-9-6-19-37(29)2;2*1-2;;/h10,13-18,20-21,29H,1,3-9,19H2,2H3,(H,33,34)(H,35,36);2*1-2H3;1H3;/q-2;;;-1;+3. The molecule has 1 aliphatic carbocycles. The summed E-state index contributed by atoms with van der Waals surface area (Å²) in [5, 5.41) is 0. The fraction of sp³-hybridized carbons (Fsp3) is 0.378. The monoisotopic (exact) mass is 651 g/mol. The van der Waals surface area contributed by atoms with Gasteiger partial charge in [0.2, 0.25) is 0 Å². The first-order chi connectivity index (χ1) is 20.2. The van der Waals surface area contributed by atoms with E-state index in [4.69, 9.17) is 4.98 Å². The van der Waals surface area contributed by atoms with Gasteiger partial charge in [-0.15, -0.1) is 0 Å². The maximum Gasteiger partial charge on any atom is 3.00 e. The minimum absolute atomic E-state index is 0. The smallest absolute Gasteiger partial charge is 0.368 e. The van der Waals surface area contributed by atoms with Crippen LogP contribution in [0.1, 0.15) is 99.9 Å². The number of aromatic amines is 2. The molecule has 1 fully saturated rings. The van der Waals surface area contributed by atoms with Crippen LogP contribution in [0.15, 0.2) is 48.7 Å². The molecule has 3 heterocycles. The molecule has 4 aromatic rings. The van der Waals surface area contributed by atoms with Gasteiger partial charge < -0.3 is 30.7 Å². The van der Waals surface area contributed by atoms with Gasteiger partial charge in [-0.25, -0.2) is 11.4 Å². The molecule has 1 saturated heterocycles. The number of fused-ring (bicyclic) bond motifs is 3. The summed E-state index contributed by atoms with van der Waals surface area (Å²) in [6.45, 7) is 13.0. The topological polar surface area (TPSA) is 60.6 Å². The van der Waals surface area contributed by atoms with E-state index in [-0.39, 0.29) is 40.1 Å². The van der Waals surface area contributed by atoms with Crippen molar-refractivity contribution in [1.29, 1.82) is 0 Å². The van der Waals surface area contributed by atoms with Gasteiger partial charge in [-0.2, -0.15) is 6.42 Å². The van der Waals surface area contributed by atoms with Gasteiger partial charge in [-0.3, -0.25) is 9.88 Å². The fourth-order valence-electron chi connectivity index (χ4n) is 5.52. The third-order valence-corrected chi connectivity index (χ3v) is 7.55. The van der Waals surface area contributed by atoms with Crippen LogP contribution in [0.2, 0.25) is 0 Å². The zero-order chi connectivity index (χ0) is 29.2. The van der Waals surface area contributed by atoms with Crippen LogP contribution in [0.3, 0.4) is 0 Å². The Kier molecular flexibility index (Phi) is 15.5. The number of hydrogen-bond donors (Lipinski definition) is 2. The molecular weight excluding hydrogens is 603 g/mol. The van der Waals surface area contributed by atoms with Gasteiger partial charge in [0.15, 0.2) is 0 Å². The largest absolute Gasteiger partial charge is 3.00 e. The first kappa shape index (κ1) is 36.5. The number of imidazole rings is 2. The number of aryl methyl sites for hydroxylation is 2. The average Bonchev–Trinajstić information content (AvgIpc) is 3.75. The van der Waals surface area contributed by atoms with Crippen molar-refractivity contribution in [3.8, 4) is 34.4 Å². The van der Waals surface area contributed by atoms with Crippen LogP contribution in [0.25, 0.3) is 22.5 Å². The molecule has 2 aromatic carbocycles. The molecule has 0 saturated carbocycles. The molecule has 1 aliphatic heterocycles. The van der Waals surface area contributed by atoms with E-state index >= 15 is 0 Å². The molecule has 0 spiro atoms. The van der Waals surface area contributed by atoms with E-state index in [0.717, 1.165) is 78.4 Å². The van der Waals surface area contributed by atoms with Crippen molar-refractivity contribution in [2.75, 3.05) is 13.6 Å². The number of nitrogens with zero attached hydrogens (tertiary/aromatic N) is 3. The van der Waals surface area contributed by atoms with Gasteiger partial charge in [0, 0.05) is 28.6 Å². The van der Waals surface area contributed by atoms with E-state index in [1.807, 2.05) is 33.9 Å². The molecular formula is C37H48N5Y. The van der Waals surface area contributed by atoms with Crippen molar-refractivity contribution in [3.05, 3.63) is 103 Å². The molecule has 224 valence electrons. The van der Waals surface area contributed by atoms with Gasteiger partial charge in [-0.05, 0) is 86.9 Å². The van der Waals surface area contributed by atoms with Gasteiger partial charge in [0.05, 0.1) is 17.4 Å². The second-order valence-corrected chi connectivity index (χ2v) is 10.2. The van der Waals surface area contributed by atoms with Gasteiger partial charge in [-0.1, -0.05) is 57.7 Å². The van der Waals surface area contributed by atoms with Crippen molar-refractivity contribution < 1.29 is 32.7 Å². The Morgan fingerprint density at radius 3 is 2.40 bits per heavy atom. The Bertz CT molecular complexity index is 1450. The third-order valence-electron chi connectivity index (χ3n) is 7.55. The predicted molar refractivity (Wildman–Crippen MR) is 178 cm³/mol. The predicted octanol–water partition coefficient (Wildman–Crippen LogP) is 8.79. The van der Waals surface area contributed by atoms with E-state index < -0.39 is 0 Å². The summed E-state index contributed by atoms with van der Waals surface area (Å²) in [6.07, 6.45) is 11.4. The van der Waals surface area contributed by atoms with Crippen LogP contribution < -0.4 is 0 Å². The third kappa shape index (κ3) is 8.94. The van der Waals surface area contributed by atoms with E-state index in [1.54, 1.807) is 0 Å². The summed E-state index contributed by atoms with van der Waals surface area (Å²) in [5.41, 5.74) is 9.22. The zero-order valence-corrected chi connectivity index (χ0v) is 29.9. The Labute approximate surface area is 286 Å². The van der Waals surface area contributed by atoms with Crippen molar-refractivity contribution in [1.82, 2.24) is 24.8 Å². The van der Waals surface area contributed by atoms with Crippen LogP contribution in [-0.4, -0.2) is 38.4 Å². The first-order valence-electron chi connectivity index (χ1n) is 15.4. The molecule has 6 heteroatoms. The first-order valence-corrected chi connectivity index (χ1v) is 15.4. The molecule has 6 rings (SSSR count). The SMILES string of the molecule is CC.CC.[CH2-]CC[CH-]c1ncc(-c2ccc(C#Cc3ccc4c(c3)CCCc3[nH]c(C5CCCN5C)nc3-4)cc2)[nH]1.[CH3-].[Y+3]. The Morgan fingerprint density at radius 2 is 1.70 bits per heavy atom. The maximum atomic E-state index is 5.11.